The number of hydrogen-bond donors (Lipinski definition) is 3. The lowest BCUT2D eigenvalue weighted by Gasteiger charge is -2.25. The number of amides is 3. The summed E-state index contributed by atoms with van der Waals surface area (Å²) in [5.41, 5.74) is 0. The van der Waals surface area contributed by atoms with E-state index in [1.807, 2.05) is 27.7 Å². The predicted octanol–water partition coefficient (Wildman–Crippen LogP) is 0.653. The van der Waals surface area contributed by atoms with Crippen LogP contribution in [-0.2, 0) is 9.59 Å². The zero-order chi connectivity index (χ0) is 15.7. The number of carboxylic acids is 1. The predicted molar refractivity (Wildman–Crippen MR) is 75.3 cm³/mol. The van der Waals surface area contributed by atoms with Crippen LogP contribution in [0.15, 0.2) is 0 Å². The number of urea groups is 1. The van der Waals surface area contributed by atoms with E-state index in [2.05, 4.69) is 10.6 Å². The first-order chi connectivity index (χ1) is 9.26. The number of carbonyl (C=O) groups excluding carboxylic acids is 2. The molecular weight excluding hydrogens is 262 g/mol. The summed E-state index contributed by atoms with van der Waals surface area (Å²) in [7, 11) is 0. The van der Waals surface area contributed by atoms with Crippen LogP contribution in [0.4, 0.5) is 4.79 Å². The molecule has 3 N–H and O–H groups in total. The van der Waals surface area contributed by atoms with Crippen LogP contribution < -0.4 is 10.6 Å². The van der Waals surface area contributed by atoms with Crippen molar-refractivity contribution in [2.24, 2.45) is 5.92 Å². The summed E-state index contributed by atoms with van der Waals surface area (Å²) >= 11 is 0. The van der Waals surface area contributed by atoms with E-state index in [9.17, 15) is 14.4 Å². The summed E-state index contributed by atoms with van der Waals surface area (Å²) in [6, 6.07) is -0.598. The molecular formula is C13H25N3O4. The summed E-state index contributed by atoms with van der Waals surface area (Å²) < 4.78 is 0. The third kappa shape index (κ3) is 8.47. The highest BCUT2D eigenvalue weighted by Gasteiger charge is 2.19. The molecule has 0 heterocycles. The molecule has 0 aliphatic rings. The molecule has 0 bridgehead atoms. The highest BCUT2D eigenvalue weighted by Crippen LogP contribution is 2.02. The van der Waals surface area contributed by atoms with E-state index < -0.39 is 17.9 Å². The molecule has 0 aromatic rings. The van der Waals surface area contributed by atoms with Gasteiger partial charge in [-0.25, -0.2) is 4.79 Å². The van der Waals surface area contributed by atoms with Gasteiger partial charge in [-0.1, -0.05) is 20.8 Å². The molecule has 0 aromatic carbocycles. The van der Waals surface area contributed by atoms with Crippen LogP contribution in [0.1, 0.15) is 34.1 Å². The van der Waals surface area contributed by atoms with Crippen molar-refractivity contribution in [3.63, 3.8) is 0 Å². The first-order valence-corrected chi connectivity index (χ1v) is 6.79. The molecule has 0 saturated carbocycles. The van der Waals surface area contributed by atoms with E-state index in [-0.39, 0.29) is 19.1 Å². The maximum Gasteiger partial charge on any atom is 0.321 e. The Hall–Kier alpha value is -1.63. The number of hydrogen-bond acceptors (Lipinski definition) is 4. The SMILES string of the molecule is CCC(C)N(CC(=O)O)CC(=O)NC(=O)NCC(C)C. The fourth-order valence-electron chi connectivity index (χ4n) is 1.49. The van der Waals surface area contributed by atoms with Crippen molar-refractivity contribution in [3.05, 3.63) is 0 Å². The third-order valence-corrected chi connectivity index (χ3v) is 2.82. The summed E-state index contributed by atoms with van der Waals surface area (Å²) in [5.74, 6) is -1.21. The molecule has 0 radical (unpaired) electrons. The monoisotopic (exact) mass is 287 g/mol. The zero-order valence-corrected chi connectivity index (χ0v) is 12.6. The first-order valence-electron chi connectivity index (χ1n) is 6.79. The lowest BCUT2D eigenvalue weighted by atomic mass is 10.2. The van der Waals surface area contributed by atoms with Gasteiger partial charge in [0.1, 0.15) is 0 Å². The van der Waals surface area contributed by atoms with Gasteiger partial charge in [-0.3, -0.25) is 19.8 Å². The van der Waals surface area contributed by atoms with E-state index in [1.54, 1.807) is 0 Å². The molecule has 0 aliphatic carbocycles. The van der Waals surface area contributed by atoms with Gasteiger partial charge in [0.05, 0.1) is 13.1 Å². The fraction of sp³-hybridized carbons (Fsp3) is 0.769. The normalized spacial score (nSPS) is 12.3. The first kappa shape index (κ1) is 18.4. The molecule has 1 atom stereocenters. The van der Waals surface area contributed by atoms with E-state index in [1.165, 1.54) is 4.90 Å². The maximum atomic E-state index is 11.7. The highest BCUT2D eigenvalue weighted by molar-refractivity contribution is 5.95. The van der Waals surface area contributed by atoms with Gasteiger partial charge in [0.25, 0.3) is 0 Å². The Balaban J connectivity index is 4.31. The van der Waals surface area contributed by atoms with Crippen molar-refractivity contribution < 1.29 is 19.5 Å². The molecule has 0 rings (SSSR count). The molecule has 3 amide bonds. The Morgan fingerprint density at radius 1 is 1.15 bits per heavy atom. The van der Waals surface area contributed by atoms with Gasteiger partial charge in [0.2, 0.25) is 5.91 Å². The molecule has 1 unspecified atom stereocenters. The number of nitrogens with zero attached hydrogens (tertiary/aromatic N) is 1. The molecule has 0 aromatic heterocycles. The van der Waals surface area contributed by atoms with E-state index in [4.69, 9.17) is 5.11 Å². The average molecular weight is 287 g/mol. The number of rotatable bonds is 8. The molecule has 116 valence electrons. The zero-order valence-electron chi connectivity index (χ0n) is 12.6. The van der Waals surface area contributed by atoms with Crippen LogP contribution >= 0.6 is 0 Å². The largest absolute Gasteiger partial charge is 0.480 e. The second-order valence-electron chi connectivity index (χ2n) is 5.21. The van der Waals surface area contributed by atoms with Gasteiger partial charge in [0, 0.05) is 12.6 Å². The number of aliphatic carboxylic acids is 1. The Labute approximate surface area is 119 Å². The number of carbonyl (C=O) groups is 3. The molecule has 0 saturated heterocycles. The van der Waals surface area contributed by atoms with Crippen molar-refractivity contribution in [2.75, 3.05) is 19.6 Å². The second kappa shape index (κ2) is 9.30. The summed E-state index contributed by atoms with van der Waals surface area (Å²) in [6.45, 7) is 7.77. The smallest absolute Gasteiger partial charge is 0.321 e. The van der Waals surface area contributed by atoms with Gasteiger partial charge < -0.3 is 10.4 Å². The lowest BCUT2D eigenvalue weighted by Crippen LogP contribution is -2.48. The van der Waals surface area contributed by atoms with E-state index >= 15 is 0 Å². The van der Waals surface area contributed by atoms with Crippen LogP contribution in [0.2, 0.25) is 0 Å². The average Bonchev–Trinajstić information content (AvgIpc) is 2.33. The molecule has 0 spiro atoms. The van der Waals surface area contributed by atoms with Gasteiger partial charge in [-0.2, -0.15) is 0 Å². The lowest BCUT2D eigenvalue weighted by molar-refractivity contribution is -0.139. The molecule has 0 fully saturated rings. The van der Waals surface area contributed by atoms with Crippen molar-refractivity contribution in [2.45, 2.75) is 40.2 Å². The molecule has 7 heteroatoms. The number of nitrogens with one attached hydrogen (secondary N) is 2. The van der Waals surface area contributed by atoms with Crippen molar-refractivity contribution in [3.8, 4) is 0 Å². The van der Waals surface area contributed by atoms with Crippen molar-refractivity contribution in [1.29, 1.82) is 0 Å². The van der Waals surface area contributed by atoms with Crippen LogP contribution in [0.3, 0.4) is 0 Å². The maximum absolute atomic E-state index is 11.7. The Morgan fingerprint density at radius 2 is 1.75 bits per heavy atom. The van der Waals surface area contributed by atoms with Gasteiger partial charge >= 0.3 is 12.0 Å². The second-order valence-corrected chi connectivity index (χ2v) is 5.21. The number of carboxylic acid groups (broad SMARTS) is 1. The summed E-state index contributed by atoms with van der Waals surface area (Å²) in [5, 5.41) is 13.6. The van der Waals surface area contributed by atoms with Gasteiger partial charge in [0.15, 0.2) is 0 Å². The Kier molecular flexibility index (Phi) is 8.54. The minimum Gasteiger partial charge on any atom is -0.480 e. The van der Waals surface area contributed by atoms with E-state index in [0.717, 1.165) is 6.42 Å². The van der Waals surface area contributed by atoms with Crippen LogP contribution in [0.25, 0.3) is 0 Å². The van der Waals surface area contributed by atoms with Crippen LogP contribution in [0.5, 0.6) is 0 Å². The standard InChI is InChI=1S/C13H25N3O4/c1-5-10(4)16(8-12(18)19)7-11(17)15-13(20)14-6-9(2)3/h9-10H,5-8H2,1-4H3,(H,18,19)(H2,14,15,17,20). The Bertz CT molecular complexity index is 345. The Morgan fingerprint density at radius 3 is 2.20 bits per heavy atom. The quantitative estimate of drug-likeness (QED) is 0.609. The van der Waals surface area contributed by atoms with Crippen LogP contribution in [-0.4, -0.2) is 53.6 Å². The van der Waals surface area contributed by atoms with Crippen molar-refractivity contribution in [1.82, 2.24) is 15.5 Å². The minimum absolute atomic E-state index is 0.0458. The summed E-state index contributed by atoms with van der Waals surface area (Å²) in [6.07, 6.45) is 0.722. The number of imide groups is 1. The fourth-order valence-corrected chi connectivity index (χ4v) is 1.49. The third-order valence-electron chi connectivity index (χ3n) is 2.82. The van der Waals surface area contributed by atoms with Crippen molar-refractivity contribution >= 4 is 17.9 Å². The topological polar surface area (TPSA) is 98.7 Å². The van der Waals surface area contributed by atoms with E-state index in [0.29, 0.717) is 12.5 Å². The minimum atomic E-state index is -0.998. The summed E-state index contributed by atoms with van der Waals surface area (Å²) in [4.78, 5) is 35.4. The molecule has 0 aliphatic heterocycles. The van der Waals surface area contributed by atoms with Crippen LogP contribution in [0, 0.1) is 5.92 Å². The van der Waals surface area contributed by atoms with Gasteiger partial charge in [-0.15, -0.1) is 0 Å². The van der Waals surface area contributed by atoms with Gasteiger partial charge in [-0.05, 0) is 19.3 Å². The molecule has 20 heavy (non-hydrogen) atoms. The highest BCUT2D eigenvalue weighted by atomic mass is 16.4. The molecule has 7 nitrogen and oxygen atoms in total.